The molecule has 1 atom stereocenters. The van der Waals surface area contributed by atoms with Crippen molar-refractivity contribution < 1.29 is 23.1 Å². The number of halogens is 2. The lowest BCUT2D eigenvalue weighted by atomic mass is 9.97. The number of rotatable bonds is 4. The van der Waals surface area contributed by atoms with Crippen LogP contribution in [0.2, 0.25) is 5.02 Å². The first-order chi connectivity index (χ1) is 15.9. The summed E-state index contributed by atoms with van der Waals surface area (Å²) in [7, 11) is 3.01. The summed E-state index contributed by atoms with van der Waals surface area (Å²) in [6.07, 6.45) is 0. The summed E-state index contributed by atoms with van der Waals surface area (Å²) in [5.41, 5.74) is 0.831. The molecular formula is C25H17ClFNO5. The van der Waals surface area contributed by atoms with E-state index in [2.05, 4.69) is 0 Å². The molecule has 3 aromatic carbocycles. The molecule has 0 saturated carbocycles. The zero-order valence-electron chi connectivity index (χ0n) is 17.6. The Balaban J connectivity index is 1.82. The smallest absolute Gasteiger partial charge is 0.295 e. The number of amides is 1. The molecule has 1 amide bonds. The molecule has 0 fully saturated rings. The van der Waals surface area contributed by atoms with E-state index in [1.54, 1.807) is 42.5 Å². The summed E-state index contributed by atoms with van der Waals surface area (Å²) in [4.78, 5) is 28.5. The topological polar surface area (TPSA) is 69.0 Å². The van der Waals surface area contributed by atoms with Gasteiger partial charge in [-0.15, -0.1) is 0 Å². The molecule has 1 aliphatic heterocycles. The van der Waals surface area contributed by atoms with Gasteiger partial charge in [0.05, 0.1) is 31.2 Å². The second kappa shape index (κ2) is 7.94. The van der Waals surface area contributed by atoms with E-state index in [0.717, 1.165) is 6.07 Å². The lowest BCUT2D eigenvalue weighted by Gasteiger charge is -2.26. The van der Waals surface area contributed by atoms with E-state index in [1.165, 1.54) is 31.3 Å². The van der Waals surface area contributed by atoms with Crippen LogP contribution >= 0.6 is 11.6 Å². The van der Waals surface area contributed by atoms with Gasteiger partial charge >= 0.3 is 0 Å². The number of carbonyl (C=O) groups is 1. The summed E-state index contributed by atoms with van der Waals surface area (Å²) in [6.45, 7) is 0. The Bertz CT molecular complexity index is 1480. The highest BCUT2D eigenvalue weighted by Crippen LogP contribution is 2.43. The molecule has 8 heteroatoms. The Morgan fingerprint density at radius 1 is 0.970 bits per heavy atom. The first kappa shape index (κ1) is 21.0. The SMILES string of the molecule is COc1ccc(C2c3c(oc4ccc(F)cc4c3=O)C(=O)N2c2cccc(Cl)c2)cc1OC. The molecule has 0 N–H and O–H groups in total. The van der Waals surface area contributed by atoms with Crippen molar-refractivity contribution in [2.24, 2.45) is 0 Å². The molecule has 0 aliphatic carbocycles. The van der Waals surface area contributed by atoms with Gasteiger partial charge in [0.15, 0.2) is 16.9 Å². The van der Waals surface area contributed by atoms with Crippen LogP contribution in [0.3, 0.4) is 0 Å². The number of fused-ring (bicyclic) bond motifs is 2. The van der Waals surface area contributed by atoms with Crippen LogP contribution in [-0.4, -0.2) is 20.1 Å². The Hall–Kier alpha value is -3.84. The molecule has 5 rings (SSSR count). The molecule has 0 radical (unpaired) electrons. The highest BCUT2D eigenvalue weighted by molar-refractivity contribution is 6.31. The summed E-state index contributed by atoms with van der Waals surface area (Å²) in [5, 5.41) is 0.480. The van der Waals surface area contributed by atoms with Crippen molar-refractivity contribution in [1.29, 1.82) is 0 Å². The third kappa shape index (κ3) is 3.32. The molecule has 33 heavy (non-hydrogen) atoms. The quantitative estimate of drug-likeness (QED) is 0.406. The highest BCUT2D eigenvalue weighted by atomic mass is 35.5. The summed E-state index contributed by atoms with van der Waals surface area (Å²) in [5.74, 6) is -0.256. The lowest BCUT2D eigenvalue weighted by molar-refractivity contribution is 0.0971. The molecular weight excluding hydrogens is 449 g/mol. The second-order valence-electron chi connectivity index (χ2n) is 7.49. The van der Waals surface area contributed by atoms with Gasteiger partial charge in [0, 0.05) is 10.7 Å². The minimum absolute atomic E-state index is 0.0555. The van der Waals surface area contributed by atoms with Gasteiger partial charge in [-0.25, -0.2) is 4.39 Å². The third-order valence-corrected chi connectivity index (χ3v) is 5.88. The van der Waals surface area contributed by atoms with E-state index in [0.29, 0.717) is 27.8 Å². The summed E-state index contributed by atoms with van der Waals surface area (Å²) in [6, 6.07) is 14.6. The Morgan fingerprint density at radius 2 is 1.76 bits per heavy atom. The number of ether oxygens (including phenoxy) is 2. The van der Waals surface area contributed by atoms with Crippen LogP contribution in [0.15, 0.2) is 69.9 Å². The Kier molecular flexibility index (Phi) is 5.06. The molecule has 1 unspecified atom stereocenters. The van der Waals surface area contributed by atoms with Gasteiger partial charge in [-0.05, 0) is 54.1 Å². The van der Waals surface area contributed by atoms with E-state index in [1.807, 2.05) is 0 Å². The minimum Gasteiger partial charge on any atom is -0.493 e. The first-order valence-corrected chi connectivity index (χ1v) is 10.4. The van der Waals surface area contributed by atoms with Gasteiger partial charge in [-0.1, -0.05) is 23.7 Å². The van der Waals surface area contributed by atoms with Crippen molar-refractivity contribution in [3.05, 3.63) is 98.6 Å². The number of hydrogen-bond acceptors (Lipinski definition) is 5. The standard InChI is InChI=1S/C25H17ClFNO5/c1-31-19-8-6-13(10-20(19)32-2)22-21-23(29)17-12-15(27)7-9-18(17)33-24(21)25(30)28(22)16-5-3-4-14(26)11-16/h3-12,22H,1-2H3. The number of hydrogen-bond donors (Lipinski definition) is 0. The first-order valence-electron chi connectivity index (χ1n) is 10.00. The molecule has 1 aromatic heterocycles. The van der Waals surface area contributed by atoms with Crippen LogP contribution in [-0.2, 0) is 0 Å². The van der Waals surface area contributed by atoms with Crippen molar-refractivity contribution >= 4 is 34.2 Å². The average molecular weight is 466 g/mol. The maximum Gasteiger partial charge on any atom is 0.295 e. The van der Waals surface area contributed by atoms with E-state index in [9.17, 15) is 14.0 Å². The largest absolute Gasteiger partial charge is 0.493 e. The van der Waals surface area contributed by atoms with Crippen molar-refractivity contribution in [1.82, 2.24) is 0 Å². The van der Waals surface area contributed by atoms with E-state index >= 15 is 0 Å². The van der Waals surface area contributed by atoms with Gasteiger partial charge in [-0.2, -0.15) is 0 Å². The number of carbonyl (C=O) groups excluding carboxylic acids is 1. The number of methoxy groups -OCH3 is 2. The van der Waals surface area contributed by atoms with Gasteiger partial charge < -0.3 is 13.9 Å². The highest BCUT2D eigenvalue weighted by Gasteiger charge is 2.44. The van der Waals surface area contributed by atoms with Crippen molar-refractivity contribution in [2.45, 2.75) is 6.04 Å². The monoisotopic (exact) mass is 465 g/mol. The Morgan fingerprint density at radius 3 is 2.48 bits per heavy atom. The fourth-order valence-corrected chi connectivity index (χ4v) is 4.36. The summed E-state index contributed by atoms with van der Waals surface area (Å²) >= 11 is 6.20. The van der Waals surface area contributed by atoms with Gasteiger partial charge in [0.2, 0.25) is 5.76 Å². The third-order valence-electron chi connectivity index (χ3n) is 5.64. The van der Waals surface area contributed by atoms with Crippen LogP contribution in [0.5, 0.6) is 11.5 Å². The minimum atomic E-state index is -0.852. The van der Waals surface area contributed by atoms with Crippen molar-refractivity contribution in [2.75, 3.05) is 19.1 Å². The van der Waals surface area contributed by atoms with Crippen LogP contribution in [0.25, 0.3) is 11.0 Å². The molecule has 0 spiro atoms. The summed E-state index contributed by atoms with van der Waals surface area (Å²) < 4.78 is 30.5. The maximum absolute atomic E-state index is 13.9. The fourth-order valence-electron chi connectivity index (χ4n) is 4.18. The maximum atomic E-state index is 13.9. The molecule has 1 aliphatic rings. The average Bonchev–Trinajstić information content (AvgIpc) is 3.11. The van der Waals surface area contributed by atoms with Crippen LogP contribution in [0.1, 0.15) is 27.7 Å². The molecule has 2 heterocycles. The number of anilines is 1. The molecule has 166 valence electrons. The second-order valence-corrected chi connectivity index (χ2v) is 7.92. The predicted molar refractivity (Wildman–Crippen MR) is 122 cm³/mol. The van der Waals surface area contributed by atoms with Crippen molar-refractivity contribution in [3.63, 3.8) is 0 Å². The van der Waals surface area contributed by atoms with Crippen LogP contribution < -0.4 is 19.8 Å². The van der Waals surface area contributed by atoms with Gasteiger partial charge in [-0.3, -0.25) is 14.5 Å². The molecule has 4 aromatic rings. The zero-order valence-corrected chi connectivity index (χ0v) is 18.4. The Labute approximate surface area is 192 Å². The molecule has 0 bridgehead atoms. The number of nitrogens with zero attached hydrogens (tertiary/aromatic N) is 1. The van der Waals surface area contributed by atoms with Crippen LogP contribution in [0.4, 0.5) is 10.1 Å². The van der Waals surface area contributed by atoms with E-state index in [4.69, 9.17) is 25.5 Å². The van der Waals surface area contributed by atoms with E-state index < -0.39 is 23.2 Å². The van der Waals surface area contributed by atoms with E-state index in [-0.39, 0.29) is 22.3 Å². The van der Waals surface area contributed by atoms with Gasteiger partial charge in [0.1, 0.15) is 11.4 Å². The van der Waals surface area contributed by atoms with Crippen LogP contribution in [0, 0.1) is 5.82 Å². The molecule has 0 saturated heterocycles. The predicted octanol–water partition coefficient (Wildman–Crippen LogP) is 5.35. The number of benzene rings is 3. The normalized spacial score (nSPS) is 15.1. The van der Waals surface area contributed by atoms with Gasteiger partial charge in [0.25, 0.3) is 5.91 Å². The van der Waals surface area contributed by atoms with Crippen molar-refractivity contribution in [3.8, 4) is 11.5 Å². The fraction of sp³-hybridized carbons (Fsp3) is 0.120. The lowest BCUT2D eigenvalue weighted by Crippen LogP contribution is -2.29. The zero-order chi connectivity index (χ0) is 23.3. The molecule has 6 nitrogen and oxygen atoms in total.